The van der Waals surface area contributed by atoms with E-state index in [9.17, 15) is 4.79 Å². The molecular weight excluding hydrogens is 300 g/mol. The molecule has 2 bridgehead atoms. The highest BCUT2D eigenvalue weighted by molar-refractivity contribution is 5.94. The Balaban J connectivity index is 1.82. The third-order valence-electron chi connectivity index (χ3n) is 6.60. The highest BCUT2D eigenvalue weighted by Gasteiger charge is 2.62. The van der Waals surface area contributed by atoms with Crippen LogP contribution in [0.4, 0.5) is 5.69 Å². The number of fused-ring (bicyclic) bond motifs is 2. The van der Waals surface area contributed by atoms with Crippen LogP contribution >= 0.6 is 0 Å². The minimum absolute atomic E-state index is 0.0596. The molecule has 0 radical (unpaired) electrons. The number of carbonyl (C=O) groups is 1. The zero-order valence-electron chi connectivity index (χ0n) is 14.1. The molecule has 1 N–H and O–H groups in total. The Morgan fingerprint density at radius 2 is 2.25 bits per heavy atom. The number of piperidine rings is 1. The summed E-state index contributed by atoms with van der Waals surface area (Å²) in [6.07, 6.45) is 4.28. The van der Waals surface area contributed by atoms with Gasteiger partial charge in [-0.15, -0.1) is 0 Å². The molecule has 2 fully saturated rings. The fourth-order valence-corrected chi connectivity index (χ4v) is 5.61. The van der Waals surface area contributed by atoms with Gasteiger partial charge >= 0.3 is 5.97 Å². The van der Waals surface area contributed by atoms with Crippen molar-refractivity contribution in [3.8, 4) is 0 Å². The number of carbonyl (C=O) groups excluding carboxylic acids is 1. The number of hydrogen-bond donors (Lipinski definition) is 1. The molecule has 24 heavy (non-hydrogen) atoms. The summed E-state index contributed by atoms with van der Waals surface area (Å²) in [4.78, 5) is 15.3. The molecule has 1 spiro atoms. The van der Waals surface area contributed by atoms with E-state index in [-0.39, 0.29) is 17.3 Å². The Labute approximate surface area is 142 Å². The van der Waals surface area contributed by atoms with Gasteiger partial charge in [0.25, 0.3) is 0 Å². The highest BCUT2D eigenvalue weighted by Crippen LogP contribution is 2.61. The Morgan fingerprint density at radius 3 is 3.04 bits per heavy atom. The lowest BCUT2D eigenvalue weighted by atomic mass is 9.62. The van der Waals surface area contributed by atoms with Crippen molar-refractivity contribution in [1.82, 2.24) is 4.90 Å². The summed E-state index contributed by atoms with van der Waals surface area (Å²) < 4.78 is 5.21. The second-order valence-corrected chi connectivity index (χ2v) is 7.31. The molecule has 3 aliphatic heterocycles. The molecule has 0 saturated carbocycles. The molecule has 2 saturated heterocycles. The zero-order chi connectivity index (χ0) is 16.5. The standard InChI is InChI=1S/C20H22N2O2/c1-3-12-11-22-9-8-20-14-6-4-5-7-15(14)21-18(20)17(19(23)24-2)13(12)10-16(20)22/h3-7,13,16,21H,8-11H2,1-2H3/b12-3-. The van der Waals surface area contributed by atoms with E-state index in [2.05, 4.69) is 47.5 Å². The molecule has 5 rings (SSSR count). The molecule has 1 aromatic rings. The summed E-state index contributed by atoms with van der Waals surface area (Å²) in [6, 6.07) is 9.03. The molecule has 4 aliphatic rings. The number of para-hydroxylation sites is 1. The van der Waals surface area contributed by atoms with Gasteiger partial charge < -0.3 is 10.1 Å². The number of allylic oxidation sites excluding steroid dienone is 1. The van der Waals surface area contributed by atoms with Crippen molar-refractivity contribution in [2.75, 3.05) is 25.5 Å². The summed E-state index contributed by atoms with van der Waals surface area (Å²) in [7, 11) is 1.50. The number of nitrogens with one attached hydrogen (secondary N) is 1. The Hall–Kier alpha value is -2.07. The van der Waals surface area contributed by atoms with E-state index in [0.29, 0.717) is 6.04 Å². The second kappa shape index (κ2) is 4.73. The molecule has 1 aliphatic carbocycles. The molecule has 3 heterocycles. The number of hydrogen-bond acceptors (Lipinski definition) is 4. The van der Waals surface area contributed by atoms with Crippen LogP contribution in [-0.4, -0.2) is 37.1 Å². The maximum atomic E-state index is 12.7. The van der Waals surface area contributed by atoms with Crippen molar-refractivity contribution < 1.29 is 9.53 Å². The number of anilines is 1. The molecule has 0 amide bonds. The van der Waals surface area contributed by atoms with E-state index in [4.69, 9.17) is 4.74 Å². The molecular formula is C20H22N2O2. The fourth-order valence-electron chi connectivity index (χ4n) is 5.61. The number of rotatable bonds is 1. The van der Waals surface area contributed by atoms with Gasteiger partial charge in [-0.3, -0.25) is 4.90 Å². The van der Waals surface area contributed by atoms with Crippen molar-refractivity contribution in [2.24, 2.45) is 5.92 Å². The van der Waals surface area contributed by atoms with Crippen LogP contribution in [0.25, 0.3) is 0 Å². The van der Waals surface area contributed by atoms with Crippen LogP contribution in [0.15, 0.2) is 47.2 Å². The number of benzene rings is 1. The van der Waals surface area contributed by atoms with Gasteiger partial charge in [-0.2, -0.15) is 0 Å². The highest BCUT2D eigenvalue weighted by atomic mass is 16.5. The van der Waals surface area contributed by atoms with Crippen LogP contribution in [0.2, 0.25) is 0 Å². The maximum absolute atomic E-state index is 12.7. The minimum atomic E-state index is -0.173. The van der Waals surface area contributed by atoms with Crippen LogP contribution in [0.3, 0.4) is 0 Å². The predicted octanol–water partition coefficient (Wildman–Crippen LogP) is 2.83. The average Bonchev–Trinajstić information content (AvgIpc) is 3.17. The molecule has 124 valence electrons. The fraction of sp³-hybridized carbons (Fsp3) is 0.450. The van der Waals surface area contributed by atoms with Crippen molar-refractivity contribution >= 4 is 11.7 Å². The van der Waals surface area contributed by atoms with Gasteiger partial charge in [0, 0.05) is 36.4 Å². The van der Waals surface area contributed by atoms with Crippen LogP contribution in [0.5, 0.6) is 0 Å². The normalized spacial score (nSPS) is 34.8. The third kappa shape index (κ3) is 1.50. The molecule has 4 heteroatoms. The number of methoxy groups -OCH3 is 1. The third-order valence-corrected chi connectivity index (χ3v) is 6.60. The summed E-state index contributed by atoms with van der Waals surface area (Å²) in [5.74, 6) is 0.0135. The first-order valence-corrected chi connectivity index (χ1v) is 8.79. The lowest BCUT2D eigenvalue weighted by Gasteiger charge is -2.48. The van der Waals surface area contributed by atoms with E-state index in [1.54, 1.807) is 0 Å². The largest absolute Gasteiger partial charge is 0.466 e. The van der Waals surface area contributed by atoms with Gasteiger partial charge in [-0.05, 0) is 31.4 Å². The number of ether oxygens (including phenoxy) is 1. The lowest BCUT2D eigenvalue weighted by Crippen LogP contribution is -2.53. The maximum Gasteiger partial charge on any atom is 0.336 e. The molecule has 0 aromatic heterocycles. The Kier molecular flexibility index (Phi) is 2.82. The average molecular weight is 322 g/mol. The predicted molar refractivity (Wildman–Crippen MR) is 92.6 cm³/mol. The van der Waals surface area contributed by atoms with E-state index < -0.39 is 0 Å². The van der Waals surface area contributed by atoms with Crippen molar-refractivity contribution in [1.29, 1.82) is 0 Å². The van der Waals surface area contributed by atoms with E-state index in [0.717, 1.165) is 42.9 Å². The SMILES string of the molecule is C/C=C1/CN2CCC34C(=C(C(=O)OC)C1CC23)Nc1ccccc14. The first kappa shape index (κ1) is 14.3. The topological polar surface area (TPSA) is 41.6 Å². The summed E-state index contributed by atoms with van der Waals surface area (Å²) >= 11 is 0. The second-order valence-electron chi connectivity index (χ2n) is 7.31. The molecule has 1 aromatic carbocycles. The Morgan fingerprint density at radius 1 is 1.42 bits per heavy atom. The van der Waals surface area contributed by atoms with Gasteiger partial charge in [-0.25, -0.2) is 4.79 Å². The van der Waals surface area contributed by atoms with Crippen molar-refractivity contribution in [3.05, 3.63) is 52.7 Å². The minimum Gasteiger partial charge on any atom is -0.466 e. The monoisotopic (exact) mass is 322 g/mol. The smallest absolute Gasteiger partial charge is 0.336 e. The van der Waals surface area contributed by atoms with Gasteiger partial charge in [0.05, 0.1) is 18.1 Å². The van der Waals surface area contributed by atoms with Crippen LogP contribution in [0, 0.1) is 5.92 Å². The van der Waals surface area contributed by atoms with E-state index in [1.165, 1.54) is 18.2 Å². The van der Waals surface area contributed by atoms with E-state index >= 15 is 0 Å². The molecule has 3 unspecified atom stereocenters. The van der Waals surface area contributed by atoms with Crippen LogP contribution < -0.4 is 5.32 Å². The summed E-state index contributed by atoms with van der Waals surface area (Å²) in [6.45, 7) is 4.15. The number of esters is 1. The van der Waals surface area contributed by atoms with Gasteiger partial charge in [0.1, 0.15) is 0 Å². The van der Waals surface area contributed by atoms with Crippen LogP contribution in [-0.2, 0) is 14.9 Å². The zero-order valence-corrected chi connectivity index (χ0v) is 14.1. The summed E-state index contributed by atoms with van der Waals surface area (Å²) in [5.41, 5.74) is 5.78. The Bertz CT molecular complexity index is 810. The van der Waals surface area contributed by atoms with Gasteiger partial charge in [0.15, 0.2) is 0 Å². The van der Waals surface area contributed by atoms with E-state index in [1.807, 2.05) is 0 Å². The molecule has 4 nitrogen and oxygen atoms in total. The van der Waals surface area contributed by atoms with Crippen molar-refractivity contribution in [3.63, 3.8) is 0 Å². The molecule has 3 atom stereocenters. The quantitative estimate of drug-likeness (QED) is 0.638. The van der Waals surface area contributed by atoms with Gasteiger partial charge in [-0.1, -0.05) is 29.8 Å². The lowest BCUT2D eigenvalue weighted by molar-refractivity contribution is -0.137. The van der Waals surface area contributed by atoms with Crippen LogP contribution in [0.1, 0.15) is 25.3 Å². The van der Waals surface area contributed by atoms with Gasteiger partial charge in [0.2, 0.25) is 0 Å². The first-order valence-electron chi connectivity index (χ1n) is 8.79. The first-order chi connectivity index (χ1) is 11.7. The van der Waals surface area contributed by atoms with Crippen molar-refractivity contribution in [2.45, 2.75) is 31.2 Å². The number of nitrogens with zero attached hydrogens (tertiary/aromatic N) is 1. The summed E-state index contributed by atoms with van der Waals surface area (Å²) in [5, 5.41) is 3.62.